The summed E-state index contributed by atoms with van der Waals surface area (Å²) in [4.78, 5) is 2.30. The molecule has 4 aromatic rings. The van der Waals surface area contributed by atoms with Crippen molar-refractivity contribution in [1.29, 1.82) is 0 Å². The van der Waals surface area contributed by atoms with Gasteiger partial charge >= 0.3 is 0 Å². The zero-order valence-corrected chi connectivity index (χ0v) is 23.6. The number of nitrogens with one attached hydrogen (secondary N) is 1. The number of hydrogen-bond donors (Lipinski definition) is 3. The van der Waals surface area contributed by atoms with Crippen LogP contribution in [0, 0.1) is 0 Å². The Morgan fingerprint density at radius 2 is 1.64 bits per heavy atom. The van der Waals surface area contributed by atoms with E-state index in [0.717, 1.165) is 47.3 Å². The van der Waals surface area contributed by atoms with Crippen LogP contribution in [0.3, 0.4) is 0 Å². The Hall–Kier alpha value is -4.40. The lowest BCUT2D eigenvalue weighted by Gasteiger charge is -2.38. The fraction of sp³-hybridized carbons (Fsp3) is 0.294. The van der Waals surface area contributed by atoms with E-state index in [9.17, 15) is 10.2 Å². The Morgan fingerprint density at radius 1 is 0.857 bits per heavy atom. The maximum absolute atomic E-state index is 11.4. The third-order valence-corrected chi connectivity index (χ3v) is 9.10. The summed E-state index contributed by atoms with van der Waals surface area (Å²) in [6.45, 7) is 1.61. The maximum atomic E-state index is 11.4. The smallest absolute Gasteiger partial charge is 0.216 e. The maximum Gasteiger partial charge on any atom is 0.216 e. The number of methoxy groups -OCH3 is 1. The molecule has 5 aliphatic heterocycles. The van der Waals surface area contributed by atoms with Gasteiger partial charge in [0, 0.05) is 29.8 Å². The number of benzene rings is 4. The number of aromatic hydroxyl groups is 2. The van der Waals surface area contributed by atoms with Crippen molar-refractivity contribution in [2.45, 2.75) is 37.8 Å². The molecule has 8 nitrogen and oxygen atoms in total. The zero-order chi connectivity index (χ0) is 28.5. The van der Waals surface area contributed by atoms with Gasteiger partial charge in [0.2, 0.25) is 11.5 Å². The molecule has 0 aliphatic carbocycles. The van der Waals surface area contributed by atoms with E-state index in [0.29, 0.717) is 59.5 Å². The molecule has 0 saturated heterocycles. The van der Waals surface area contributed by atoms with E-state index in [1.165, 1.54) is 5.56 Å². The van der Waals surface area contributed by atoms with E-state index >= 15 is 0 Å². The van der Waals surface area contributed by atoms with Crippen LogP contribution < -0.4 is 24.3 Å². The predicted molar refractivity (Wildman–Crippen MR) is 157 cm³/mol. The topological polar surface area (TPSA) is 92.7 Å². The normalized spacial score (nSPS) is 20.1. The van der Waals surface area contributed by atoms with Crippen LogP contribution >= 0.6 is 0 Å². The molecule has 4 aromatic carbocycles. The first-order valence-electron chi connectivity index (χ1n) is 14.5. The summed E-state index contributed by atoms with van der Waals surface area (Å²) in [6.07, 6.45) is 2.92. The zero-order valence-electron chi connectivity index (χ0n) is 23.6. The number of hydrogen-bond acceptors (Lipinski definition) is 8. The van der Waals surface area contributed by atoms with Gasteiger partial charge in [0.05, 0.1) is 7.11 Å². The summed E-state index contributed by atoms with van der Waals surface area (Å²) < 4.78 is 25.2. The third-order valence-electron chi connectivity index (χ3n) is 9.10. The molecule has 8 heteroatoms. The third kappa shape index (κ3) is 3.97. The average molecular weight is 565 g/mol. The molecule has 0 fully saturated rings. The fourth-order valence-corrected chi connectivity index (χ4v) is 6.90. The van der Waals surface area contributed by atoms with E-state index in [1.807, 2.05) is 36.4 Å². The first-order valence-corrected chi connectivity index (χ1v) is 14.5. The fourth-order valence-electron chi connectivity index (χ4n) is 6.90. The minimum Gasteiger partial charge on any atom is -0.504 e. The Labute approximate surface area is 244 Å². The molecule has 9 rings (SSSR count). The van der Waals surface area contributed by atoms with E-state index in [4.69, 9.17) is 18.9 Å². The summed E-state index contributed by atoms with van der Waals surface area (Å²) >= 11 is 0. The van der Waals surface area contributed by atoms with Crippen molar-refractivity contribution in [2.24, 2.45) is 0 Å². The molecular weight excluding hydrogens is 532 g/mol. The van der Waals surface area contributed by atoms with Gasteiger partial charge in [0.15, 0.2) is 34.5 Å². The second-order valence-electron chi connectivity index (χ2n) is 11.6. The molecule has 0 unspecified atom stereocenters. The van der Waals surface area contributed by atoms with E-state index < -0.39 is 0 Å². The number of nitrogens with zero attached hydrogens (tertiary/aromatic N) is 1. The monoisotopic (exact) mass is 564 g/mol. The highest BCUT2D eigenvalue weighted by molar-refractivity contribution is 5.72. The van der Waals surface area contributed by atoms with Gasteiger partial charge in [-0.2, -0.15) is 0 Å². The summed E-state index contributed by atoms with van der Waals surface area (Å²) in [5.74, 6) is 3.90. The molecule has 0 amide bonds. The van der Waals surface area contributed by atoms with Gasteiger partial charge in [-0.25, -0.2) is 0 Å². The summed E-state index contributed by atoms with van der Waals surface area (Å²) in [5, 5.41) is 25.7. The van der Waals surface area contributed by atoms with Crippen molar-refractivity contribution in [3.8, 4) is 51.7 Å². The Bertz CT molecular complexity index is 1730. The van der Waals surface area contributed by atoms with Gasteiger partial charge in [-0.05, 0) is 97.9 Å². The quantitative estimate of drug-likeness (QED) is 0.218. The molecule has 214 valence electrons. The summed E-state index contributed by atoms with van der Waals surface area (Å²) in [7, 11) is 3.66. The van der Waals surface area contributed by atoms with Crippen LogP contribution in [-0.2, 0) is 25.7 Å². The molecule has 5 aliphatic rings. The van der Waals surface area contributed by atoms with Gasteiger partial charge in [0.1, 0.15) is 5.75 Å². The molecule has 7 bridgehead atoms. The Morgan fingerprint density at radius 3 is 2.48 bits per heavy atom. The van der Waals surface area contributed by atoms with E-state index in [2.05, 4.69) is 29.4 Å². The van der Waals surface area contributed by atoms with Crippen LogP contribution in [0.5, 0.6) is 51.7 Å². The van der Waals surface area contributed by atoms with Gasteiger partial charge < -0.3 is 34.5 Å². The molecule has 0 aromatic heterocycles. The highest BCUT2D eigenvalue weighted by atomic mass is 16.6. The number of rotatable bonds is 1. The standard InChI is InChI=1S/C34H32N2O6/c1-36-12-10-22-30-25(36)14-18-3-6-21(7-4-18)40-27-15-19(5-8-26(27)37)13-24-23-17-29-28(16-20(23)9-11-35-24)42-34(32(30)41-29)33(39-2)31(22)38/h3-8,15-17,24-25,35,37-38H,9-14H2,1-2H3/t24-,25-/m0/s1. The molecule has 2 atom stereocenters. The van der Waals surface area contributed by atoms with Crippen molar-refractivity contribution >= 4 is 0 Å². The SMILES string of the molecule is COc1c(O)c2c3c4c1Oc1cc5c(cc1O4)[C@H](Cc1ccc(O)c(c1)Oc1ccc(cc1)C[C@@H]3N(C)CC2)NCC5. The minimum absolute atomic E-state index is 0.0433. The van der Waals surface area contributed by atoms with Crippen molar-refractivity contribution in [3.05, 3.63) is 88.0 Å². The lowest BCUT2D eigenvalue weighted by molar-refractivity contribution is 0.215. The average Bonchev–Trinajstić information content (AvgIpc) is 2.99. The molecule has 42 heavy (non-hydrogen) atoms. The Balaban J connectivity index is 1.34. The lowest BCUT2D eigenvalue weighted by atomic mass is 9.86. The van der Waals surface area contributed by atoms with Crippen LogP contribution in [0.15, 0.2) is 54.6 Å². The number of phenols is 2. The molecule has 0 spiro atoms. The second-order valence-corrected chi connectivity index (χ2v) is 11.6. The number of phenolic OH excluding ortho intramolecular Hbond substituents is 2. The van der Waals surface area contributed by atoms with Crippen LogP contribution in [0.4, 0.5) is 0 Å². The van der Waals surface area contributed by atoms with Crippen LogP contribution in [-0.4, -0.2) is 42.4 Å². The van der Waals surface area contributed by atoms with Crippen molar-refractivity contribution in [2.75, 3.05) is 27.2 Å². The number of likely N-dealkylation sites (N-methyl/N-ethyl adjacent to an activating group) is 1. The predicted octanol–water partition coefficient (Wildman–Crippen LogP) is 6.31. The number of ether oxygens (including phenoxy) is 4. The Kier molecular flexibility index (Phi) is 5.77. The van der Waals surface area contributed by atoms with Crippen molar-refractivity contribution < 1.29 is 29.2 Å². The lowest BCUT2D eigenvalue weighted by Crippen LogP contribution is -2.34. The largest absolute Gasteiger partial charge is 0.504 e. The molecule has 0 radical (unpaired) electrons. The molecular formula is C34H32N2O6. The van der Waals surface area contributed by atoms with Crippen LogP contribution in [0.25, 0.3) is 0 Å². The van der Waals surface area contributed by atoms with Gasteiger partial charge in [0.25, 0.3) is 0 Å². The van der Waals surface area contributed by atoms with E-state index in [1.54, 1.807) is 13.2 Å². The van der Waals surface area contributed by atoms with Gasteiger partial charge in [-0.3, -0.25) is 4.90 Å². The highest BCUT2D eigenvalue weighted by Gasteiger charge is 2.39. The van der Waals surface area contributed by atoms with Crippen LogP contribution in [0.2, 0.25) is 0 Å². The van der Waals surface area contributed by atoms with Gasteiger partial charge in [-0.1, -0.05) is 18.2 Å². The van der Waals surface area contributed by atoms with Crippen molar-refractivity contribution in [1.82, 2.24) is 10.2 Å². The first kappa shape index (κ1) is 25.3. The highest BCUT2D eigenvalue weighted by Crippen LogP contribution is 2.59. The summed E-state index contributed by atoms with van der Waals surface area (Å²) in [6, 6.07) is 17.6. The van der Waals surface area contributed by atoms with Crippen LogP contribution in [0.1, 0.15) is 45.5 Å². The molecule has 5 heterocycles. The van der Waals surface area contributed by atoms with E-state index in [-0.39, 0.29) is 23.6 Å². The second kappa shape index (κ2) is 9.58. The minimum atomic E-state index is -0.0668. The number of fused-ring (bicyclic) bond motifs is 2. The van der Waals surface area contributed by atoms with Crippen molar-refractivity contribution in [3.63, 3.8) is 0 Å². The summed E-state index contributed by atoms with van der Waals surface area (Å²) in [5.41, 5.74) is 6.26. The molecule has 3 N–H and O–H groups in total. The van der Waals surface area contributed by atoms with Gasteiger partial charge in [-0.15, -0.1) is 0 Å². The molecule has 0 saturated carbocycles. The first-order chi connectivity index (χ1) is 20.5.